The molecule has 0 bridgehead atoms. The molecule has 0 fully saturated rings. The van der Waals surface area contributed by atoms with Crippen molar-refractivity contribution in [2.45, 2.75) is 39.5 Å². The Kier molecular flexibility index (Phi) is 7.62. The second-order valence-corrected chi connectivity index (χ2v) is 6.32. The van der Waals surface area contributed by atoms with E-state index in [0.29, 0.717) is 25.4 Å². The molecule has 0 saturated heterocycles. The molecule has 1 heterocycles. The fourth-order valence-corrected chi connectivity index (χ4v) is 2.86. The van der Waals surface area contributed by atoms with Crippen LogP contribution in [-0.4, -0.2) is 19.1 Å². The number of ether oxygens (including phenoxy) is 2. The molecule has 4 nitrogen and oxygen atoms in total. The number of anilines is 1. The van der Waals surface area contributed by atoms with Gasteiger partial charge in [-0.1, -0.05) is 13.8 Å². The molecule has 0 aliphatic rings. The summed E-state index contributed by atoms with van der Waals surface area (Å²) in [5.74, 6) is 1.41. The van der Waals surface area contributed by atoms with Crippen LogP contribution in [0.1, 0.15) is 38.7 Å². The molecule has 0 atom stereocenters. The molecule has 130 valence electrons. The number of benzene rings is 1. The highest BCUT2D eigenvalue weighted by Crippen LogP contribution is 2.31. The minimum Gasteiger partial charge on any atom is -0.490 e. The largest absolute Gasteiger partial charge is 0.490 e. The number of hydrogen-bond acceptors (Lipinski definition) is 4. The van der Waals surface area contributed by atoms with Gasteiger partial charge in [0.2, 0.25) is 5.91 Å². The average Bonchev–Trinajstić information content (AvgIpc) is 3.11. The zero-order chi connectivity index (χ0) is 17.2. The summed E-state index contributed by atoms with van der Waals surface area (Å²) in [4.78, 5) is 12.1. The zero-order valence-corrected chi connectivity index (χ0v) is 15.2. The predicted octanol–water partition coefficient (Wildman–Crippen LogP) is 4.90. The van der Waals surface area contributed by atoms with Gasteiger partial charge in [-0.05, 0) is 53.8 Å². The van der Waals surface area contributed by atoms with E-state index in [9.17, 15) is 4.79 Å². The first-order valence-corrected chi connectivity index (χ1v) is 9.37. The SMILES string of the molecule is CCCOc1ccc(NC(=O)CCc2ccsc2)cc1OCCC. The Morgan fingerprint density at radius 1 is 1.08 bits per heavy atom. The molecule has 1 N–H and O–H groups in total. The van der Waals surface area contributed by atoms with Gasteiger partial charge in [0.25, 0.3) is 0 Å². The maximum atomic E-state index is 12.1. The van der Waals surface area contributed by atoms with E-state index in [-0.39, 0.29) is 5.91 Å². The van der Waals surface area contributed by atoms with Gasteiger partial charge in [-0.25, -0.2) is 0 Å². The summed E-state index contributed by atoms with van der Waals surface area (Å²) in [6.07, 6.45) is 3.08. The van der Waals surface area contributed by atoms with E-state index in [0.717, 1.165) is 30.7 Å². The van der Waals surface area contributed by atoms with Crippen molar-refractivity contribution in [3.63, 3.8) is 0 Å². The summed E-state index contributed by atoms with van der Waals surface area (Å²) in [7, 11) is 0. The van der Waals surface area contributed by atoms with Crippen LogP contribution >= 0.6 is 11.3 Å². The van der Waals surface area contributed by atoms with Crippen LogP contribution in [0, 0.1) is 0 Å². The third-order valence-corrected chi connectivity index (χ3v) is 4.10. The van der Waals surface area contributed by atoms with Crippen molar-refractivity contribution in [1.29, 1.82) is 0 Å². The van der Waals surface area contributed by atoms with Crippen molar-refractivity contribution in [3.8, 4) is 11.5 Å². The maximum Gasteiger partial charge on any atom is 0.224 e. The highest BCUT2D eigenvalue weighted by Gasteiger charge is 2.09. The molecule has 1 aromatic heterocycles. The van der Waals surface area contributed by atoms with Crippen LogP contribution in [0.2, 0.25) is 0 Å². The summed E-state index contributed by atoms with van der Waals surface area (Å²) in [6.45, 7) is 5.39. The number of nitrogens with one attached hydrogen (secondary N) is 1. The van der Waals surface area contributed by atoms with E-state index in [4.69, 9.17) is 9.47 Å². The van der Waals surface area contributed by atoms with Crippen LogP contribution in [0.15, 0.2) is 35.0 Å². The van der Waals surface area contributed by atoms with Crippen LogP contribution in [0.5, 0.6) is 11.5 Å². The summed E-state index contributed by atoms with van der Waals surface area (Å²) in [5.41, 5.74) is 1.94. The van der Waals surface area contributed by atoms with Crippen LogP contribution in [0.25, 0.3) is 0 Å². The van der Waals surface area contributed by atoms with Crippen LogP contribution in [0.4, 0.5) is 5.69 Å². The second kappa shape index (κ2) is 9.98. The van der Waals surface area contributed by atoms with Crippen molar-refractivity contribution in [2.24, 2.45) is 0 Å². The molecule has 0 unspecified atom stereocenters. The standard InChI is InChI=1S/C19H25NO3S/c1-3-10-22-17-7-6-16(13-18(17)23-11-4-2)20-19(21)8-5-15-9-12-24-14-15/h6-7,9,12-14H,3-5,8,10-11H2,1-2H3,(H,20,21). The fraction of sp³-hybridized carbons (Fsp3) is 0.421. The smallest absolute Gasteiger partial charge is 0.224 e. The van der Waals surface area contributed by atoms with Gasteiger partial charge in [-0.2, -0.15) is 11.3 Å². The van der Waals surface area contributed by atoms with Gasteiger partial charge in [0.15, 0.2) is 11.5 Å². The van der Waals surface area contributed by atoms with Crippen molar-refractivity contribution in [2.75, 3.05) is 18.5 Å². The first-order chi connectivity index (χ1) is 11.7. The number of amides is 1. The first-order valence-electron chi connectivity index (χ1n) is 8.43. The van der Waals surface area contributed by atoms with Gasteiger partial charge < -0.3 is 14.8 Å². The molecule has 0 radical (unpaired) electrons. The lowest BCUT2D eigenvalue weighted by Crippen LogP contribution is -2.12. The summed E-state index contributed by atoms with van der Waals surface area (Å²) < 4.78 is 11.5. The number of thiophene rings is 1. The Hall–Kier alpha value is -2.01. The number of hydrogen-bond donors (Lipinski definition) is 1. The lowest BCUT2D eigenvalue weighted by Gasteiger charge is -2.14. The number of carbonyl (C=O) groups excluding carboxylic acids is 1. The van der Waals surface area contributed by atoms with Gasteiger partial charge in [-0.3, -0.25) is 4.79 Å². The molecular weight excluding hydrogens is 322 g/mol. The Morgan fingerprint density at radius 2 is 1.83 bits per heavy atom. The third-order valence-electron chi connectivity index (χ3n) is 3.37. The molecule has 1 amide bonds. The molecule has 0 spiro atoms. The number of carbonyl (C=O) groups is 1. The highest BCUT2D eigenvalue weighted by molar-refractivity contribution is 7.07. The lowest BCUT2D eigenvalue weighted by atomic mass is 10.2. The van der Waals surface area contributed by atoms with E-state index in [1.165, 1.54) is 5.56 Å². The molecular formula is C19H25NO3S. The molecule has 2 rings (SSSR count). The summed E-state index contributed by atoms with van der Waals surface area (Å²) >= 11 is 1.65. The maximum absolute atomic E-state index is 12.1. The molecule has 2 aromatic rings. The minimum absolute atomic E-state index is 0.00451. The predicted molar refractivity (Wildman–Crippen MR) is 99.3 cm³/mol. The van der Waals surface area contributed by atoms with Crippen molar-refractivity contribution in [1.82, 2.24) is 0 Å². The molecule has 0 aliphatic heterocycles. The van der Waals surface area contributed by atoms with E-state index >= 15 is 0 Å². The molecule has 5 heteroatoms. The zero-order valence-electron chi connectivity index (χ0n) is 14.3. The molecule has 1 aromatic carbocycles. The Morgan fingerprint density at radius 3 is 2.50 bits per heavy atom. The van der Waals surface area contributed by atoms with Gasteiger partial charge in [-0.15, -0.1) is 0 Å². The lowest BCUT2D eigenvalue weighted by molar-refractivity contribution is -0.116. The Bertz CT molecular complexity index is 626. The molecule has 0 aliphatic carbocycles. The van der Waals surface area contributed by atoms with Gasteiger partial charge in [0, 0.05) is 18.2 Å². The van der Waals surface area contributed by atoms with E-state index in [1.54, 1.807) is 11.3 Å². The van der Waals surface area contributed by atoms with Crippen LogP contribution in [-0.2, 0) is 11.2 Å². The van der Waals surface area contributed by atoms with E-state index < -0.39 is 0 Å². The first kappa shape index (κ1) is 18.3. The fourth-order valence-electron chi connectivity index (χ4n) is 2.16. The topological polar surface area (TPSA) is 47.6 Å². The third kappa shape index (κ3) is 5.89. The second-order valence-electron chi connectivity index (χ2n) is 5.54. The Labute approximate surface area is 147 Å². The summed E-state index contributed by atoms with van der Waals surface area (Å²) in [5, 5.41) is 7.03. The van der Waals surface area contributed by atoms with Crippen LogP contribution < -0.4 is 14.8 Å². The van der Waals surface area contributed by atoms with Gasteiger partial charge in [0.05, 0.1) is 13.2 Å². The normalized spacial score (nSPS) is 10.4. The van der Waals surface area contributed by atoms with E-state index in [2.05, 4.69) is 30.6 Å². The highest BCUT2D eigenvalue weighted by atomic mass is 32.1. The average molecular weight is 347 g/mol. The number of aryl methyl sites for hydroxylation is 1. The quantitative estimate of drug-likeness (QED) is 0.665. The van der Waals surface area contributed by atoms with Crippen LogP contribution in [0.3, 0.4) is 0 Å². The van der Waals surface area contributed by atoms with Gasteiger partial charge >= 0.3 is 0 Å². The summed E-state index contributed by atoms with van der Waals surface area (Å²) in [6, 6.07) is 7.60. The van der Waals surface area contributed by atoms with Crippen molar-refractivity contribution >= 4 is 22.9 Å². The Balaban J connectivity index is 1.96. The minimum atomic E-state index is 0.00451. The monoisotopic (exact) mass is 347 g/mol. The number of rotatable bonds is 10. The van der Waals surface area contributed by atoms with Crippen molar-refractivity contribution < 1.29 is 14.3 Å². The van der Waals surface area contributed by atoms with E-state index in [1.807, 2.05) is 23.6 Å². The van der Waals surface area contributed by atoms with Gasteiger partial charge in [0.1, 0.15) is 0 Å². The van der Waals surface area contributed by atoms with Crippen molar-refractivity contribution in [3.05, 3.63) is 40.6 Å². The molecule has 24 heavy (non-hydrogen) atoms. The molecule has 0 saturated carbocycles.